The largest absolute Gasteiger partial charge is 0.350 e. The first-order valence-corrected chi connectivity index (χ1v) is 17.2. The summed E-state index contributed by atoms with van der Waals surface area (Å²) in [5, 5.41) is 11.8. The molecule has 47 heavy (non-hydrogen) atoms. The van der Waals surface area contributed by atoms with Crippen molar-refractivity contribution in [2.24, 2.45) is 5.73 Å². The first-order valence-electron chi connectivity index (χ1n) is 16.2. The molecular formula is C34H46F2N6O4S. The highest BCUT2D eigenvalue weighted by atomic mass is 32.2. The van der Waals surface area contributed by atoms with Gasteiger partial charge in [-0.25, -0.2) is 8.78 Å². The van der Waals surface area contributed by atoms with Crippen molar-refractivity contribution in [1.29, 1.82) is 0 Å². The van der Waals surface area contributed by atoms with E-state index in [4.69, 9.17) is 5.73 Å². The molecule has 256 valence electrons. The van der Waals surface area contributed by atoms with Gasteiger partial charge in [0.05, 0.1) is 12.1 Å². The van der Waals surface area contributed by atoms with Crippen LogP contribution in [0.2, 0.25) is 0 Å². The molecule has 6 N–H and O–H groups in total. The zero-order valence-electron chi connectivity index (χ0n) is 27.2. The summed E-state index contributed by atoms with van der Waals surface area (Å²) in [6.45, 7) is 6.30. The number of nitrogens with zero attached hydrogens (tertiary/aromatic N) is 1. The second-order valence-corrected chi connectivity index (χ2v) is 14.2. The fourth-order valence-electron chi connectivity index (χ4n) is 6.04. The molecule has 13 heteroatoms. The lowest BCUT2D eigenvalue weighted by Crippen LogP contribution is -2.67. The van der Waals surface area contributed by atoms with Gasteiger partial charge in [-0.15, -0.1) is 11.8 Å². The summed E-state index contributed by atoms with van der Waals surface area (Å²) in [4.78, 5) is 57.8. The fraction of sp³-hybridized carbons (Fsp3) is 0.529. The number of hydrogen-bond acceptors (Lipinski definition) is 7. The number of nitrogens with two attached hydrogens (primary N) is 1. The lowest BCUT2D eigenvalue weighted by atomic mass is 9.99. The minimum absolute atomic E-state index is 0.0292. The van der Waals surface area contributed by atoms with Crippen molar-refractivity contribution in [2.75, 3.05) is 18.8 Å². The molecule has 0 radical (unpaired) electrons. The van der Waals surface area contributed by atoms with Gasteiger partial charge in [-0.3, -0.25) is 24.1 Å². The maximum absolute atomic E-state index is 14.7. The lowest BCUT2D eigenvalue weighted by Gasteiger charge is -2.39. The van der Waals surface area contributed by atoms with Gasteiger partial charge in [0.2, 0.25) is 23.6 Å². The van der Waals surface area contributed by atoms with E-state index in [0.717, 1.165) is 29.5 Å². The van der Waals surface area contributed by atoms with Gasteiger partial charge in [-0.05, 0) is 83.7 Å². The molecule has 0 aliphatic carbocycles. The number of thioether (sulfide) groups is 1. The predicted molar refractivity (Wildman–Crippen MR) is 177 cm³/mol. The summed E-state index contributed by atoms with van der Waals surface area (Å²) in [6, 6.07) is 7.87. The average molecular weight is 673 g/mol. The predicted octanol–water partition coefficient (Wildman–Crippen LogP) is 2.64. The van der Waals surface area contributed by atoms with Crippen LogP contribution in [0.5, 0.6) is 0 Å². The molecule has 2 saturated heterocycles. The van der Waals surface area contributed by atoms with Crippen LogP contribution < -0.4 is 27.0 Å². The number of carbonyl (C=O) groups excluding carboxylic acids is 4. The number of benzene rings is 2. The summed E-state index contributed by atoms with van der Waals surface area (Å²) < 4.78 is 28.4. The molecule has 5 atom stereocenters. The average Bonchev–Trinajstić information content (AvgIpc) is 3.48. The van der Waals surface area contributed by atoms with Gasteiger partial charge in [-0.2, -0.15) is 0 Å². The Labute approximate surface area is 279 Å². The molecule has 4 rings (SSSR count). The van der Waals surface area contributed by atoms with Crippen LogP contribution in [0, 0.1) is 11.6 Å². The Bertz CT molecular complexity index is 1410. The van der Waals surface area contributed by atoms with Gasteiger partial charge in [0.1, 0.15) is 29.8 Å². The van der Waals surface area contributed by atoms with Crippen LogP contribution in [0.25, 0.3) is 0 Å². The molecule has 0 bridgehead atoms. The molecule has 2 heterocycles. The topological polar surface area (TPSA) is 146 Å². The Morgan fingerprint density at radius 2 is 1.68 bits per heavy atom. The number of halogens is 2. The number of hydrogen-bond donors (Lipinski definition) is 5. The summed E-state index contributed by atoms with van der Waals surface area (Å²) in [7, 11) is 0. The molecule has 2 aliphatic heterocycles. The molecular weight excluding hydrogens is 626 g/mol. The molecule has 2 aromatic rings. The van der Waals surface area contributed by atoms with E-state index in [-0.39, 0.29) is 23.5 Å². The van der Waals surface area contributed by atoms with Gasteiger partial charge in [0.15, 0.2) is 0 Å². The first kappa shape index (κ1) is 36.3. The van der Waals surface area contributed by atoms with Crippen molar-refractivity contribution in [3.63, 3.8) is 0 Å². The second kappa shape index (κ2) is 16.5. The Balaban J connectivity index is 1.75. The van der Waals surface area contributed by atoms with E-state index in [0.29, 0.717) is 38.8 Å². The third-order valence-electron chi connectivity index (χ3n) is 8.24. The van der Waals surface area contributed by atoms with Crippen molar-refractivity contribution in [3.05, 3.63) is 65.7 Å². The highest BCUT2D eigenvalue weighted by molar-refractivity contribution is 7.99. The van der Waals surface area contributed by atoms with Crippen LogP contribution in [0.15, 0.2) is 53.4 Å². The number of rotatable bonds is 10. The summed E-state index contributed by atoms with van der Waals surface area (Å²) in [5.41, 5.74) is 5.91. The molecule has 10 nitrogen and oxygen atoms in total. The van der Waals surface area contributed by atoms with E-state index in [1.54, 1.807) is 4.90 Å². The lowest BCUT2D eigenvalue weighted by molar-refractivity contribution is -0.138. The van der Waals surface area contributed by atoms with Crippen LogP contribution in [0.3, 0.4) is 0 Å². The van der Waals surface area contributed by atoms with Crippen molar-refractivity contribution < 1.29 is 28.0 Å². The number of unbranched alkanes of at least 4 members (excludes halogenated alkanes) is 1. The number of carbonyl (C=O) groups is 4. The Morgan fingerprint density at radius 1 is 0.979 bits per heavy atom. The zero-order valence-corrected chi connectivity index (χ0v) is 28.0. The maximum Gasteiger partial charge on any atom is 0.243 e. The molecule has 0 aromatic heterocycles. The Hall–Kier alpha value is -3.55. The van der Waals surface area contributed by atoms with Crippen molar-refractivity contribution >= 4 is 35.4 Å². The summed E-state index contributed by atoms with van der Waals surface area (Å²) >= 11 is 1.03. The molecule has 4 amide bonds. The van der Waals surface area contributed by atoms with E-state index >= 15 is 0 Å². The van der Waals surface area contributed by atoms with Gasteiger partial charge in [0, 0.05) is 28.7 Å². The van der Waals surface area contributed by atoms with Crippen LogP contribution in [0.4, 0.5) is 8.78 Å². The smallest absolute Gasteiger partial charge is 0.243 e. The van der Waals surface area contributed by atoms with Crippen LogP contribution >= 0.6 is 11.8 Å². The third kappa shape index (κ3) is 10.2. The molecule has 2 aliphatic rings. The highest BCUT2D eigenvalue weighted by Gasteiger charge is 2.45. The molecule has 0 unspecified atom stereocenters. The number of amides is 4. The quantitative estimate of drug-likeness (QED) is 0.193. The SMILES string of the molecule is CC(C)(C)NC(=O)[C@@H]1[C@H](CSc2ccc(F)cc2F)NC(=O)[C@H](CCCCN)NC(=O)[C@H](Cc2ccccc2)NC(=O)[C@@H]2CCCN12. The highest BCUT2D eigenvalue weighted by Crippen LogP contribution is 2.28. The number of fused-ring (bicyclic) bond motifs is 1. The molecule has 2 aromatic carbocycles. The van der Waals surface area contributed by atoms with Gasteiger partial charge < -0.3 is 27.0 Å². The summed E-state index contributed by atoms with van der Waals surface area (Å²) in [5.74, 6) is -3.25. The van der Waals surface area contributed by atoms with E-state index in [1.165, 1.54) is 6.07 Å². The minimum Gasteiger partial charge on any atom is -0.350 e. The molecule has 2 fully saturated rings. The fourth-order valence-corrected chi connectivity index (χ4v) is 7.03. The Kier molecular flexibility index (Phi) is 12.8. The van der Waals surface area contributed by atoms with Crippen molar-refractivity contribution in [3.8, 4) is 0 Å². The normalized spacial score (nSPS) is 24.3. The first-order chi connectivity index (χ1) is 22.4. The zero-order chi connectivity index (χ0) is 34.1. The van der Waals surface area contributed by atoms with E-state index < -0.39 is 71.0 Å². The minimum atomic E-state index is -1.01. The van der Waals surface area contributed by atoms with Gasteiger partial charge >= 0.3 is 0 Å². The van der Waals surface area contributed by atoms with Crippen LogP contribution in [-0.2, 0) is 25.6 Å². The second-order valence-electron chi connectivity index (χ2n) is 13.2. The van der Waals surface area contributed by atoms with Crippen LogP contribution in [-0.4, -0.2) is 83.1 Å². The molecule has 0 spiro atoms. The standard InChI is InChI=1S/C34H46F2N6O4S/c1-34(2,3)41-33(46)29-26(20-47-28-15-14-22(35)19-23(28)36)40-30(43)24(12-7-8-16-37)38-31(44)25(18-21-10-5-4-6-11-21)39-32(45)27-13-9-17-42(27)29/h4-6,10-11,14-15,19,24-27,29H,7-9,12-13,16-18,20,37H2,1-3H3,(H,38,44)(H,39,45)(H,40,43)(H,41,46)/t24-,25-,26-,27-,29-/m0/s1. The number of nitrogens with one attached hydrogen (secondary N) is 4. The van der Waals surface area contributed by atoms with E-state index in [1.807, 2.05) is 51.1 Å². The van der Waals surface area contributed by atoms with Gasteiger partial charge in [-0.1, -0.05) is 30.3 Å². The van der Waals surface area contributed by atoms with E-state index in [9.17, 15) is 28.0 Å². The molecule has 0 saturated carbocycles. The van der Waals surface area contributed by atoms with Crippen molar-refractivity contribution in [1.82, 2.24) is 26.2 Å². The third-order valence-corrected chi connectivity index (χ3v) is 9.41. The van der Waals surface area contributed by atoms with Gasteiger partial charge in [0.25, 0.3) is 0 Å². The maximum atomic E-state index is 14.7. The van der Waals surface area contributed by atoms with E-state index in [2.05, 4.69) is 21.3 Å². The monoisotopic (exact) mass is 672 g/mol. The van der Waals surface area contributed by atoms with Crippen LogP contribution in [0.1, 0.15) is 58.4 Å². The Morgan fingerprint density at radius 3 is 2.36 bits per heavy atom. The summed E-state index contributed by atoms with van der Waals surface area (Å²) in [6.07, 6.45) is 2.70. The van der Waals surface area contributed by atoms with Crippen molar-refractivity contribution in [2.45, 2.75) is 99.9 Å².